The fourth-order valence-corrected chi connectivity index (χ4v) is 1.72. The molecule has 0 unspecified atom stereocenters. The molecule has 0 spiro atoms. The molecule has 72 valence electrons. The van der Waals surface area contributed by atoms with Crippen molar-refractivity contribution in [2.45, 2.75) is 0 Å². The molecular formula is C9H5ClFNOS. The summed E-state index contributed by atoms with van der Waals surface area (Å²) in [5, 5.41) is 2.43. The average molecular weight is 230 g/mol. The SMILES string of the molecule is Fc1cccc(Oc2nc(Cl)cs2)c1. The number of hydrogen-bond acceptors (Lipinski definition) is 3. The second kappa shape index (κ2) is 3.94. The molecule has 14 heavy (non-hydrogen) atoms. The van der Waals surface area contributed by atoms with Crippen molar-refractivity contribution < 1.29 is 9.13 Å². The summed E-state index contributed by atoms with van der Waals surface area (Å²) >= 11 is 6.87. The first-order valence-corrected chi connectivity index (χ1v) is 5.04. The van der Waals surface area contributed by atoms with E-state index in [1.54, 1.807) is 17.5 Å². The quantitative estimate of drug-likeness (QED) is 0.783. The molecule has 1 heterocycles. The molecule has 0 aliphatic heterocycles. The van der Waals surface area contributed by atoms with Gasteiger partial charge in [0.1, 0.15) is 16.7 Å². The summed E-state index contributed by atoms with van der Waals surface area (Å²) in [5.41, 5.74) is 0. The molecule has 0 atom stereocenters. The molecule has 0 amide bonds. The molecule has 0 fully saturated rings. The van der Waals surface area contributed by atoms with E-state index in [-0.39, 0.29) is 5.82 Å². The van der Waals surface area contributed by atoms with E-state index in [0.717, 1.165) is 0 Å². The number of halogens is 2. The molecule has 2 nitrogen and oxygen atoms in total. The van der Waals surface area contributed by atoms with Crippen LogP contribution in [0.4, 0.5) is 4.39 Å². The first-order valence-electron chi connectivity index (χ1n) is 3.78. The lowest BCUT2D eigenvalue weighted by molar-refractivity contribution is 0.473. The van der Waals surface area contributed by atoms with Gasteiger partial charge in [0.15, 0.2) is 0 Å². The maximum Gasteiger partial charge on any atom is 0.280 e. The molecule has 1 aromatic heterocycles. The normalized spacial score (nSPS) is 10.1. The lowest BCUT2D eigenvalue weighted by Gasteiger charge is -1.99. The van der Waals surface area contributed by atoms with E-state index in [0.29, 0.717) is 16.1 Å². The highest BCUT2D eigenvalue weighted by Gasteiger charge is 2.02. The highest BCUT2D eigenvalue weighted by atomic mass is 35.5. The third kappa shape index (κ3) is 2.21. The zero-order valence-corrected chi connectivity index (χ0v) is 8.48. The molecule has 5 heteroatoms. The average Bonchev–Trinajstić information content (AvgIpc) is 2.51. The number of benzene rings is 1. The number of nitrogens with zero attached hydrogens (tertiary/aromatic N) is 1. The minimum absolute atomic E-state index is 0.342. The molecule has 0 aliphatic rings. The summed E-state index contributed by atoms with van der Waals surface area (Å²) in [6.45, 7) is 0. The largest absolute Gasteiger partial charge is 0.431 e. The summed E-state index contributed by atoms with van der Waals surface area (Å²) in [6, 6.07) is 5.86. The molecule has 0 bridgehead atoms. The summed E-state index contributed by atoms with van der Waals surface area (Å²) in [6.07, 6.45) is 0. The van der Waals surface area contributed by atoms with E-state index in [9.17, 15) is 4.39 Å². The number of aromatic nitrogens is 1. The number of thiazole rings is 1. The van der Waals surface area contributed by atoms with E-state index in [2.05, 4.69) is 4.98 Å². The van der Waals surface area contributed by atoms with Gasteiger partial charge in [-0.05, 0) is 12.1 Å². The minimum atomic E-state index is -0.342. The first kappa shape index (κ1) is 9.43. The third-order valence-electron chi connectivity index (χ3n) is 1.46. The van der Waals surface area contributed by atoms with E-state index < -0.39 is 0 Å². The summed E-state index contributed by atoms with van der Waals surface area (Å²) in [7, 11) is 0. The smallest absolute Gasteiger partial charge is 0.280 e. The maximum absolute atomic E-state index is 12.8. The van der Waals surface area contributed by atoms with Crippen LogP contribution in [0.1, 0.15) is 0 Å². The summed E-state index contributed by atoms with van der Waals surface area (Å²) < 4.78 is 18.0. The third-order valence-corrected chi connectivity index (χ3v) is 2.50. The molecule has 2 aromatic rings. The lowest BCUT2D eigenvalue weighted by atomic mass is 10.3. The molecule has 2 rings (SSSR count). The maximum atomic E-state index is 12.8. The van der Waals surface area contributed by atoms with Crippen LogP contribution in [0.3, 0.4) is 0 Å². The van der Waals surface area contributed by atoms with Crippen molar-refractivity contribution in [3.05, 3.63) is 40.6 Å². The number of hydrogen-bond donors (Lipinski definition) is 0. The molecule has 0 aliphatic carbocycles. The van der Waals surface area contributed by atoms with Gasteiger partial charge in [0.25, 0.3) is 5.19 Å². The van der Waals surface area contributed by atoms with Crippen LogP contribution in [0.5, 0.6) is 10.9 Å². The lowest BCUT2D eigenvalue weighted by Crippen LogP contribution is -1.83. The van der Waals surface area contributed by atoms with Crippen LogP contribution >= 0.6 is 22.9 Å². The van der Waals surface area contributed by atoms with Gasteiger partial charge in [-0.2, -0.15) is 4.98 Å². The Morgan fingerprint density at radius 1 is 1.43 bits per heavy atom. The first-order chi connectivity index (χ1) is 6.74. The zero-order valence-electron chi connectivity index (χ0n) is 6.91. The second-order valence-electron chi connectivity index (χ2n) is 2.50. The van der Waals surface area contributed by atoms with Crippen LogP contribution in [-0.4, -0.2) is 4.98 Å². The summed E-state index contributed by atoms with van der Waals surface area (Å²) in [5.74, 6) is 0.0705. The Morgan fingerprint density at radius 3 is 2.93 bits per heavy atom. The van der Waals surface area contributed by atoms with Crippen LogP contribution in [0.15, 0.2) is 29.6 Å². The van der Waals surface area contributed by atoms with Crippen molar-refractivity contribution in [3.63, 3.8) is 0 Å². The number of ether oxygens (including phenoxy) is 1. The van der Waals surface area contributed by atoms with Crippen molar-refractivity contribution in [2.24, 2.45) is 0 Å². The van der Waals surface area contributed by atoms with Crippen LogP contribution in [0, 0.1) is 5.82 Å². The van der Waals surface area contributed by atoms with Crippen LogP contribution < -0.4 is 4.74 Å². The van der Waals surface area contributed by atoms with Gasteiger partial charge in [-0.15, -0.1) is 0 Å². The van der Waals surface area contributed by atoms with Gasteiger partial charge in [0.2, 0.25) is 0 Å². The van der Waals surface area contributed by atoms with Gasteiger partial charge in [-0.25, -0.2) is 4.39 Å². The van der Waals surface area contributed by atoms with Crippen molar-refractivity contribution in [1.82, 2.24) is 4.98 Å². The molecule has 0 N–H and O–H groups in total. The van der Waals surface area contributed by atoms with E-state index in [4.69, 9.17) is 16.3 Å². The van der Waals surface area contributed by atoms with Gasteiger partial charge >= 0.3 is 0 Å². The Balaban J connectivity index is 2.18. The van der Waals surface area contributed by atoms with E-state index >= 15 is 0 Å². The predicted molar refractivity (Wildman–Crippen MR) is 53.6 cm³/mol. The second-order valence-corrected chi connectivity index (χ2v) is 3.70. The van der Waals surface area contributed by atoms with Crippen molar-refractivity contribution in [3.8, 4) is 10.9 Å². The predicted octanol–water partition coefficient (Wildman–Crippen LogP) is 3.73. The van der Waals surface area contributed by atoms with Gasteiger partial charge < -0.3 is 4.74 Å². The highest BCUT2D eigenvalue weighted by Crippen LogP contribution is 2.27. The summed E-state index contributed by atoms with van der Waals surface area (Å²) in [4.78, 5) is 3.87. The fraction of sp³-hybridized carbons (Fsp3) is 0. The van der Waals surface area contributed by atoms with Crippen LogP contribution in [0.2, 0.25) is 5.15 Å². The van der Waals surface area contributed by atoms with Crippen LogP contribution in [-0.2, 0) is 0 Å². The molecule has 1 aromatic carbocycles. The van der Waals surface area contributed by atoms with E-state index in [1.807, 2.05) is 0 Å². The van der Waals surface area contributed by atoms with Crippen molar-refractivity contribution in [1.29, 1.82) is 0 Å². The Hall–Kier alpha value is -1.13. The Labute approximate surface area is 88.9 Å². The van der Waals surface area contributed by atoms with Crippen molar-refractivity contribution in [2.75, 3.05) is 0 Å². The highest BCUT2D eigenvalue weighted by molar-refractivity contribution is 7.11. The topological polar surface area (TPSA) is 22.1 Å². The fourth-order valence-electron chi connectivity index (χ4n) is 0.917. The zero-order chi connectivity index (χ0) is 9.97. The molecule has 0 saturated carbocycles. The van der Waals surface area contributed by atoms with E-state index in [1.165, 1.54) is 23.5 Å². The van der Waals surface area contributed by atoms with Crippen molar-refractivity contribution >= 4 is 22.9 Å². The van der Waals surface area contributed by atoms with Gasteiger partial charge in [0.05, 0.1) is 0 Å². The molecule has 0 saturated heterocycles. The Bertz CT molecular complexity index is 446. The van der Waals surface area contributed by atoms with Gasteiger partial charge in [0, 0.05) is 11.4 Å². The Morgan fingerprint density at radius 2 is 2.29 bits per heavy atom. The monoisotopic (exact) mass is 229 g/mol. The Kier molecular flexibility index (Phi) is 2.65. The van der Waals surface area contributed by atoms with Gasteiger partial charge in [-0.3, -0.25) is 0 Å². The number of rotatable bonds is 2. The van der Waals surface area contributed by atoms with Gasteiger partial charge in [-0.1, -0.05) is 29.0 Å². The molecular weight excluding hydrogens is 225 g/mol. The van der Waals surface area contributed by atoms with Crippen LogP contribution in [0.25, 0.3) is 0 Å². The standard InChI is InChI=1S/C9H5ClFNOS/c10-8-5-14-9(12-8)13-7-3-1-2-6(11)4-7/h1-5H. The molecule has 0 radical (unpaired) electrons. The minimum Gasteiger partial charge on any atom is -0.431 e.